The average molecular weight is 427 g/mol. The summed E-state index contributed by atoms with van der Waals surface area (Å²) in [7, 11) is -3.49. The summed E-state index contributed by atoms with van der Waals surface area (Å²) in [6.07, 6.45) is 4.50. The average Bonchev–Trinajstić information content (AvgIpc) is 3.29. The Morgan fingerprint density at radius 2 is 1.73 bits per heavy atom. The number of hydrogen-bond acceptors (Lipinski definition) is 6. The summed E-state index contributed by atoms with van der Waals surface area (Å²) >= 11 is 0. The number of nitrogens with one attached hydrogen (secondary N) is 1. The maximum atomic E-state index is 12.5. The van der Waals surface area contributed by atoms with Crippen LogP contribution in [0.3, 0.4) is 0 Å². The molecule has 0 aliphatic carbocycles. The van der Waals surface area contributed by atoms with Crippen LogP contribution in [0.5, 0.6) is 0 Å². The van der Waals surface area contributed by atoms with Crippen LogP contribution in [0.4, 0.5) is 5.69 Å². The molecule has 0 aliphatic rings. The Balaban J connectivity index is 1.62. The molecule has 1 amide bonds. The van der Waals surface area contributed by atoms with Crippen molar-refractivity contribution in [1.29, 1.82) is 0 Å². The van der Waals surface area contributed by atoms with Crippen molar-refractivity contribution in [1.82, 2.24) is 24.5 Å². The van der Waals surface area contributed by atoms with Crippen molar-refractivity contribution < 1.29 is 13.2 Å². The summed E-state index contributed by atoms with van der Waals surface area (Å²) < 4.78 is 27.9. The molecule has 0 aliphatic heterocycles. The minimum absolute atomic E-state index is 0.232. The third-order valence-electron chi connectivity index (χ3n) is 4.40. The van der Waals surface area contributed by atoms with Gasteiger partial charge in [-0.1, -0.05) is 26.0 Å². The summed E-state index contributed by atoms with van der Waals surface area (Å²) in [6, 6.07) is 13.5. The van der Waals surface area contributed by atoms with E-state index in [0.29, 0.717) is 18.8 Å². The second kappa shape index (κ2) is 9.42. The quantitative estimate of drug-likeness (QED) is 0.554. The van der Waals surface area contributed by atoms with Gasteiger partial charge in [-0.25, -0.2) is 13.1 Å². The number of carbonyl (C=O) groups excluding carboxylic acids is 1. The van der Waals surface area contributed by atoms with Crippen LogP contribution in [0.25, 0.3) is 11.8 Å². The fourth-order valence-electron chi connectivity index (χ4n) is 2.80. The predicted molar refractivity (Wildman–Crippen MR) is 113 cm³/mol. The minimum Gasteiger partial charge on any atom is -0.323 e. The molecule has 1 heterocycles. The molecule has 0 radical (unpaired) electrons. The number of amides is 1. The second-order valence-corrected chi connectivity index (χ2v) is 8.22. The number of benzene rings is 2. The van der Waals surface area contributed by atoms with Crippen molar-refractivity contribution in [2.75, 3.05) is 18.4 Å². The lowest BCUT2D eigenvalue weighted by Gasteiger charge is -2.18. The minimum atomic E-state index is -3.49. The Hall–Kier alpha value is -3.37. The highest BCUT2D eigenvalue weighted by atomic mass is 32.2. The first kappa shape index (κ1) is 21.3. The second-order valence-electron chi connectivity index (χ2n) is 6.28. The van der Waals surface area contributed by atoms with Crippen LogP contribution in [0.15, 0.2) is 65.8 Å². The highest BCUT2D eigenvalue weighted by Gasteiger charge is 2.20. The molecule has 0 unspecified atom stereocenters. The first-order valence-electron chi connectivity index (χ1n) is 9.36. The summed E-state index contributed by atoms with van der Waals surface area (Å²) in [5.41, 5.74) is 2.12. The zero-order valence-electron chi connectivity index (χ0n) is 16.6. The number of carbonyl (C=O) groups is 1. The van der Waals surface area contributed by atoms with E-state index in [1.54, 1.807) is 68.5 Å². The number of nitrogens with zero attached hydrogens (tertiary/aromatic N) is 5. The van der Waals surface area contributed by atoms with Crippen molar-refractivity contribution in [2.24, 2.45) is 0 Å². The largest absolute Gasteiger partial charge is 0.323 e. The van der Waals surface area contributed by atoms with Gasteiger partial charge in [0, 0.05) is 24.9 Å². The Bertz CT molecular complexity index is 1100. The molecule has 156 valence electrons. The van der Waals surface area contributed by atoms with E-state index >= 15 is 0 Å². The molecule has 3 aromatic rings. The molecule has 0 fully saturated rings. The van der Waals surface area contributed by atoms with Crippen LogP contribution in [-0.4, -0.2) is 51.9 Å². The van der Waals surface area contributed by atoms with Crippen LogP contribution < -0.4 is 5.32 Å². The summed E-state index contributed by atoms with van der Waals surface area (Å²) in [6.45, 7) is 4.43. The molecular formula is C20H22N6O3S. The summed E-state index contributed by atoms with van der Waals surface area (Å²) in [5, 5.41) is 13.7. The molecule has 0 bridgehead atoms. The van der Waals surface area contributed by atoms with Gasteiger partial charge in [-0.3, -0.25) is 4.79 Å². The molecule has 10 heteroatoms. The molecule has 1 N–H and O–H groups in total. The molecule has 1 aromatic heterocycles. The molecule has 0 saturated carbocycles. The smallest absolute Gasteiger partial charge is 0.248 e. The molecule has 0 atom stereocenters. The van der Waals surface area contributed by atoms with Gasteiger partial charge in [-0.15, -0.1) is 5.10 Å². The van der Waals surface area contributed by atoms with Crippen molar-refractivity contribution >= 4 is 27.7 Å². The molecule has 30 heavy (non-hydrogen) atoms. The van der Waals surface area contributed by atoms with Crippen LogP contribution in [0, 0.1) is 0 Å². The lowest BCUT2D eigenvalue weighted by molar-refractivity contribution is -0.111. The van der Waals surface area contributed by atoms with E-state index in [9.17, 15) is 13.2 Å². The van der Waals surface area contributed by atoms with Crippen molar-refractivity contribution in [3.05, 3.63) is 66.5 Å². The third kappa shape index (κ3) is 4.97. The van der Waals surface area contributed by atoms with E-state index in [1.807, 2.05) is 0 Å². The number of sulfonamides is 1. The van der Waals surface area contributed by atoms with Gasteiger partial charge in [0.15, 0.2) is 0 Å². The highest BCUT2D eigenvalue weighted by molar-refractivity contribution is 7.89. The number of rotatable bonds is 8. The van der Waals surface area contributed by atoms with E-state index in [1.165, 1.54) is 21.4 Å². The summed E-state index contributed by atoms with van der Waals surface area (Å²) in [4.78, 5) is 12.4. The van der Waals surface area contributed by atoms with Crippen molar-refractivity contribution in [3.63, 3.8) is 0 Å². The molecular weight excluding hydrogens is 404 g/mol. The molecule has 9 nitrogen and oxygen atoms in total. The van der Waals surface area contributed by atoms with Gasteiger partial charge in [-0.2, -0.15) is 4.31 Å². The van der Waals surface area contributed by atoms with E-state index in [-0.39, 0.29) is 10.8 Å². The zero-order valence-corrected chi connectivity index (χ0v) is 17.5. The van der Waals surface area contributed by atoms with Crippen LogP contribution in [0.2, 0.25) is 0 Å². The normalized spacial score (nSPS) is 11.8. The lowest BCUT2D eigenvalue weighted by Crippen LogP contribution is -2.30. The van der Waals surface area contributed by atoms with E-state index in [4.69, 9.17) is 0 Å². The van der Waals surface area contributed by atoms with Gasteiger partial charge < -0.3 is 5.32 Å². The van der Waals surface area contributed by atoms with E-state index < -0.39 is 10.0 Å². The standard InChI is InChI=1S/C20H22N6O3S/c1-3-25(4-2)30(28,29)19-12-5-16(6-13-19)7-14-20(27)22-17-8-10-18(11-9-17)26-15-21-23-24-26/h5-15H,3-4H2,1-2H3,(H,22,27)/b14-7+. The van der Waals surface area contributed by atoms with Gasteiger partial charge in [-0.05, 0) is 58.5 Å². The number of tetrazole rings is 1. The third-order valence-corrected chi connectivity index (χ3v) is 6.46. The van der Waals surface area contributed by atoms with Crippen molar-refractivity contribution in [2.45, 2.75) is 18.7 Å². The Labute approximate surface area is 175 Å². The fraction of sp³-hybridized carbons (Fsp3) is 0.200. The van der Waals surface area contributed by atoms with Gasteiger partial charge in [0.05, 0.1) is 10.6 Å². The lowest BCUT2D eigenvalue weighted by atomic mass is 10.2. The molecule has 0 saturated heterocycles. The van der Waals surface area contributed by atoms with Gasteiger partial charge in [0.1, 0.15) is 6.33 Å². The predicted octanol–water partition coefficient (Wildman–Crippen LogP) is 2.34. The monoisotopic (exact) mass is 426 g/mol. The molecule has 0 spiro atoms. The number of hydrogen-bond donors (Lipinski definition) is 1. The maximum Gasteiger partial charge on any atom is 0.248 e. The molecule has 3 rings (SSSR count). The van der Waals surface area contributed by atoms with E-state index in [0.717, 1.165) is 11.3 Å². The fourth-order valence-corrected chi connectivity index (χ4v) is 4.25. The zero-order chi connectivity index (χ0) is 21.6. The van der Waals surface area contributed by atoms with Crippen LogP contribution in [-0.2, 0) is 14.8 Å². The molecule has 2 aromatic carbocycles. The summed E-state index contributed by atoms with van der Waals surface area (Å²) in [5.74, 6) is -0.301. The Kier molecular flexibility index (Phi) is 6.70. The highest BCUT2D eigenvalue weighted by Crippen LogP contribution is 2.17. The van der Waals surface area contributed by atoms with Crippen LogP contribution >= 0.6 is 0 Å². The Morgan fingerprint density at radius 1 is 1.07 bits per heavy atom. The Morgan fingerprint density at radius 3 is 2.30 bits per heavy atom. The SMILES string of the molecule is CCN(CC)S(=O)(=O)c1ccc(/C=C/C(=O)Nc2ccc(-n3cnnn3)cc2)cc1. The first-order valence-corrected chi connectivity index (χ1v) is 10.8. The van der Waals surface area contributed by atoms with Crippen LogP contribution in [0.1, 0.15) is 19.4 Å². The maximum absolute atomic E-state index is 12.5. The number of anilines is 1. The first-order chi connectivity index (χ1) is 14.4. The van der Waals surface area contributed by atoms with Crippen molar-refractivity contribution in [3.8, 4) is 5.69 Å². The number of aromatic nitrogens is 4. The van der Waals surface area contributed by atoms with Gasteiger partial charge >= 0.3 is 0 Å². The topological polar surface area (TPSA) is 110 Å². The van der Waals surface area contributed by atoms with E-state index in [2.05, 4.69) is 20.8 Å². The van der Waals surface area contributed by atoms with Gasteiger partial charge in [0.2, 0.25) is 15.9 Å². The van der Waals surface area contributed by atoms with Gasteiger partial charge in [0.25, 0.3) is 0 Å².